The Morgan fingerprint density at radius 1 is 1.28 bits per heavy atom. The predicted molar refractivity (Wildman–Crippen MR) is 99.7 cm³/mol. The van der Waals surface area contributed by atoms with Crippen LogP contribution >= 0.6 is 0 Å². The van der Waals surface area contributed by atoms with Gasteiger partial charge in [-0.15, -0.1) is 0 Å². The monoisotopic (exact) mass is 407 g/mol. The first-order valence-corrected chi connectivity index (χ1v) is 8.81. The quantitative estimate of drug-likeness (QED) is 0.714. The van der Waals surface area contributed by atoms with Crippen LogP contribution in [0.25, 0.3) is 0 Å². The second-order valence-corrected chi connectivity index (χ2v) is 6.42. The smallest absolute Gasteiger partial charge is 0.475 e. The fraction of sp³-hybridized carbons (Fsp3) is 0.368. The summed E-state index contributed by atoms with van der Waals surface area (Å²) in [5.41, 5.74) is 2.91. The maximum Gasteiger partial charge on any atom is 0.490 e. The van der Waals surface area contributed by atoms with E-state index in [4.69, 9.17) is 15.2 Å². The highest BCUT2D eigenvalue weighted by Gasteiger charge is 2.38. The minimum Gasteiger partial charge on any atom is -0.475 e. The molecule has 1 aliphatic rings. The second kappa shape index (κ2) is 9.84. The number of hydrogen-bond acceptors (Lipinski definition) is 6. The molecule has 0 aromatic carbocycles. The number of aryl methyl sites for hydroxylation is 1. The molecule has 1 fully saturated rings. The Balaban J connectivity index is 0.000000370. The van der Waals surface area contributed by atoms with E-state index in [1.165, 1.54) is 5.56 Å². The maximum absolute atomic E-state index is 10.6. The number of hydrogen-bond donors (Lipinski definition) is 3. The molecule has 2 aromatic rings. The number of aromatic nitrogens is 2. The van der Waals surface area contributed by atoms with Gasteiger partial charge in [-0.05, 0) is 68.6 Å². The molecule has 0 spiro atoms. The molecule has 3 rings (SSSR count). The number of nitriles is 1. The molecule has 1 saturated heterocycles. The van der Waals surface area contributed by atoms with E-state index in [0.29, 0.717) is 17.3 Å². The molecule has 29 heavy (non-hydrogen) atoms. The Bertz CT molecular complexity index is 890. The first-order valence-electron chi connectivity index (χ1n) is 8.81. The molecule has 3 N–H and O–H groups in total. The number of carbonyl (C=O) groups is 1. The van der Waals surface area contributed by atoms with Gasteiger partial charge in [0.05, 0.1) is 11.6 Å². The summed E-state index contributed by atoms with van der Waals surface area (Å²) in [6.07, 6.45) is -1.14. The van der Waals surface area contributed by atoms with Crippen LogP contribution in [0.1, 0.15) is 35.6 Å². The fourth-order valence-electron chi connectivity index (χ4n) is 2.85. The van der Waals surface area contributed by atoms with E-state index in [9.17, 15) is 13.2 Å². The maximum atomic E-state index is 10.6. The number of nitrogens with one attached hydrogen (secondary N) is 2. The average molecular weight is 407 g/mol. The van der Waals surface area contributed by atoms with Gasteiger partial charge in [0.25, 0.3) is 0 Å². The van der Waals surface area contributed by atoms with E-state index in [0.717, 1.165) is 37.4 Å². The number of alkyl halides is 3. The third kappa shape index (κ3) is 7.04. The molecule has 154 valence electrons. The van der Waals surface area contributed by atoms with Crippen LogP contribution in [0.2, 0.25) is 0 Å². The van der Waals surface area contributed by atoms with E-state index in [-0.39, 0.29) is 0 Å². The molecular weight excluding hydrogens is 387 g/mol. The van der Waals surface area contributed by atoms with Crippen molar-refractivity contribution in [2.75, 3.05) is 18.4 Å². The van der Waals surface area contributed by atoms with Crippen LogP contribution < -0.4 is 10.6 Å². The molecule has 0 unspecified atom stereocenters. The van der Waals surface area contributed by atoms with Gasteiger partial charge in [0.15, 0.2) is 0 Å². The summed E-state index contributed by atoms with van der Waals surface area (Å²) in [5, 5.41) is 22.7. The van der Waals surface area contributed by atoms with Crippen LogP contribution in [0, 0.1) is 18.3 Å². The SMILES string of the molecule is Cc1cc(C2CCNCC2)cc(Nc2cc(C#N)ccn2)n1.O=C(O)C(F)(F)F. The van der Waals surface area contributed by atoms with Crippen LogP contribution in [0.5, 0.6) is 0 Å². The van der Waals surface area contributed by atoms with Crippen LogP contribution in [0.15, 0.2) is 30.5 Å². The van der Waals surface area contributed by atoms with E-state index < -0.39 is 12.1 Å². The van der Waals surface area contributed by atoms with Crippen molar-refractivity contribution in [3.63, 3.8) is 0 Å². The first kappa shape index (κ1) is 22.1. The third-order valence-corrected chi connectivity index (χ3v) is 4.17. The minimum absolute atomic E-state index is 0.585. The van der Waals surface area contributed by atoms with Crippen molar-refractivity contribution in [1.82, 2.24) is 15.3 Å². The van der Waals surface area contributed by atoms with Gasteiger partial charge in [0.1, 0.15) is 11.6 Å². The zero-order valence-electron chi connectivity index (χ0n) is 15.6. The molecule has 0 atom stereocenters. The summed E-state index contributed by atoms with van der Waals surface area (Å²) in [4.78, 5) is 17.7. The summed E-state index contributed by atoms with van der Waals surface area (Å²) < 4.78 is 31.7. The number of anilines is 2. The summed E-state index contributed by atoms with van der Waals surface area (Å²) in [7, 11) is 0. The molecule has 2 aromatic heterocycles. The van der Waals surface area contributed by atoms with Gasteiger partial charge in [-0.1, -0.05) is 0 Å². The highest BCUT2D eigenvalue weighted by Crippen LogP contribution is 2.28. The van der Waals surface area contributed by atoms with Gasteiger partial charge in [0, 0.05) is 11.9 Å². The van der Waals surface area contributed by atoms with Gasteiger partial charge in [0.2, 0.25) is 0 Å². The number of nitrogens with zero attached hydrogens (tertiary/aromatic N) is 3. The second-order valence-electron chi connectivity index (χ2n) is 6.42. The lowest BCUT2D eigenvalue weighted by molar-refractivity contribution is -0.192. The highest BCUT2D eigenvalue weighted by atomic mass is 19.4. The summed E-state index contributed by atoms with van der Waals surface area (Å²) in [6.45, 7) is 4.15. The number of rotatable bonds is 3. The molecular formula is C19H20F3N5O2. The molecule has 0 saturated carbocycles. The summed E-state index contributed by atoms with van der Waals surface area (Å²) in [6, 6.07) is 9.81. The Kier molecular flexibility index (Phi) is 7.50. The summed E-state index contributed by atoms with van der Waals surface area (Å²) >= 11 is 0. The summed E-state index contributed by atoms with van der Waals surface area (Å²) in [5.74, 6) is -0.737. The van der Waals surface area contributed by atoms with Crippen LogP contribution in [-0.2, 0) is 4.79 Å². The lowest BCUT2D eigenvalue weighted by atomic mass is 9.90. The first-order chi connectivity index (χ1) is 13.7. The highest BCUT2D eigenvalue weighted by molar-refractivity contribution is 5.73. The molecule has 0 bridgehead atoms. The topological polar surface area (TPSA) is 111 Å². The number of halogens is 3. The van der Waals surface area contributed by atoms with E-state index in [1.807, 2.05) is 6.92 Å². The lowest BCUT2D eigenvalue weighted by Gasteiger charge is -2.23. The molecule has 10 heteroatoms. The van der Waals surface area contributed by atoms with Crippen molar-refractivity contribution in [3.05, 3.63) is 47.3 Å². The Morgan fingerprint density at radius 2 is 1.93 bits per heavy atom. The van der Waals surface area contributed by atoms with Gasteiger partial charge in [-0.2, -0.15) is 18.4 Å². The molecule has 0 radical (unpaired) electrons. The standard InChI is InChI=1S/C17H19N5.C2HF3O2/c1-12-8-15(14-3-5-19-6-4-14)10-17(21-12)22-16-9-13(11-18)2-7-20-16;3-2(4,5)1(6)7/h2,7-10,14,19H,3-6H2,1H3,(H,20,21,22);(H,6,7). The minimum atomic E-state index is -5.08. The zero-order chi connectivity index (χ0) is 21.4. The van der Waals surface area contributed by atoms with E-state index in [1.54, 1.807) is 18.3 Å². The van der Waals surface area contributed by atoms with Crippen LogP contribution in [-0.4, -0.2) is 40.3 Å². The van der Waals surface area contributed by atoms with Gasteiger partial charge >= 0.3 is 12.1 Å². The Morgan fingerprint density at radius 3 is 2.52 bits per heavy atom. The molecule has 7 nitrogen and oxygen atoms in total. The van der Waals surface area contributed by atoms with Crippen molar-refractivity contribution in [1.29, 1.82) is 5.26 Å². The van der Waals surface area contributed by atoms with Crippen molar-refractivity contribution in [2.45, 2.75) is 31.9 Å². The van der Waals surface area contributed by atoms with E-state index >= 15 is 0 Å². The van der Waals surface area contributed by atoms with Crippen molar-refractivity contribution in [3.8, 4) is 6.07 Å². The molecule has 0 aliphatic carbocycles. The number of piperidine rings is 1. The number of pyridine rings is 2. The lowest BCUT2D eigenvalue weighted by Crippen LogP contribution is -2.26. The van der Waals surface area contributed by atoms with Crippen molar-refractivity contribution >= 4 is 17.6 Å². The Labute approximate surface area is 165 Å². The molecule has 1 aliphatic heterocycles. The third-order valence-electron chi connectivity index (χ3n) is 4.17. The Hall–Kier alpha value is -3.19. The average Bonchev–Trinajstić information content (AvgIpc) is 2.68. The fourth-order valence-corrected chi connectivity index (χ4v) is 2.85. The van der Waals surface area contributed by atoms with E-state index in [2.05, 4.69) is 38.8 Å². The number of aliphatic carboxylic acids is 1. The van der Waals surface area contributed by atoms with Gasteiger partial charge in [-0.3, -0.25) is 0 Å². The van der Waals surface area contributed by atoms with Gasteiger partial charge < -0.3 is 15.7 Å². The predicted octanol–water partition coefficient (Wildman–Crippen LogP) is 3.50. The van der Waals surface area contributed by atoms with Crippen LogP contribution in [0.3, 0.4) is 0 Å². The molecule has 0 amide bonds. The molecule has 3 heterocycles. The number of carboxylic acids is 1. The normalized spacial score (nSPS) is 14.3. The van der Waals surface area contributed by atoms with Gasteiger partial charge in [-0.25, -0.2) is 14.8 Å². The van der Waals surface area contributed by atoms with Crippen molar-refractivity contribution < 1.29 is 23.1 Å². The largest absolute Gasteiger partial charge is 0.490 e. The van der Waals surface area contributed by atoms with Crippen LogP contribution in [0.4, 0.5) is 24.8 Å². The zero-order valence-corrected chi connectivity index (χ0v) is 15.6. The van der Waals surface area contributed by atoms with Crippen molar-refractivity contribution in [2.24, 2.45) is 0 Å². The number of carboxylic acid groups (broad SMARTS) is 1.